The Morgan fingerprint density at radius 3 is 2.50 bits per heavy atom. The van der Waals surface area contributed by atoms with Crippen molar-refractivity contribution in [1.82, 2.24) is 14.0 Å². The zero-order valence-corrected chi connectivity index (χ0v) is 19.7. The summed E-state index contributed by atoms with van der Waals surface area (Å²) in [6, 6.07) is 7.66. The number of aromatic nitrogens is 3. The van der Waals surface area contributed by atoms with Crippen LogP contribution in [0.2, 0.25) is 0 Å². The fourth-order valence-electron chi connectivity index (χ4n) is 3.82. The smallest absolute Gasteiger partial charge is 0.341 e. The first-order valence-electron chi connectivity index (χ1n) is 11.0. The molecule has 0 saturated carbocycles. The molecule has 9 nitrogen and oxygen atoms in total. The van der Waals surface area contributed by atoms with E-state index in [0.29, 0.717) is 11.2 Å². The van der Waals surface area contributed by atoms with Crippen LogP contribution < -0.4 is 11.0 Å². The number of hydrogen-bond donors (Lipinski definition) is 0. The highest BCUT2D eigenvalue weighted by Crippen LogP contribution is 2.16. The van der Waals surface area contributed by atoms with Crippen LogP contribution in [0, 0.1) is 18.6 Å². The molecule has 4 aromatic rings. The van der Waals surface area contributed by atoms with Gasteiger partial charge in [-0.2, -0.15) is 4.99 Å². The fraction of sp³-hybridized carbons (Fsp3) is 0.240. The van der Waals surface area contributed by atoms with Crippen LogP contribution in [-0.4, -0.2) is 46.2 Å². The third-order valence-corrected chi connectivity index (χ3v) is 5.50. The van der Waals surface area contributed by atoms with E-state index in [2.05, 4.69) is 9.98 Å². The number of halogens is 2. The van der Waals surface area contributed by atoms with Crippen molar-refractivity contribution >= 4 is 28.6 Å². The summed E-state index contributed by atoms with van der Waals surface area (Å²) in [6.45, 7) is 3.46. The lowest BCUT2D eigenvalue weighted by Crippen LogP contribution is -2.34. The van der Waals surface area contributed by atoms with Crippen LogP contribution in [0.5, 0.6) is 0 Å². The van der Waals surface area contributed by atoms with Crippen LogP contribution in [0.1, 0.15) is 33.2 Å². The number of pyridine rings is 2. The Bertz CT molecular complexity index is 1620. The number of aryl methyl sites for hydroxylation is 1. The number of amides is 1. The molecular formula is C25H22F2N4O5. The highest BCUT2D eigenvalue weighted by Gasteiger charge is 2.22. The Labute approximate surface area is 203 Å². The number of methoxy groups -OCH3 is 1. The van der Waals surface area contributed by atoms with Gasteiger partial charge in [0, 0.05) is 19.9 Å². The molecule has 0 aliphatic carbocycles. The van der Waals surface area contributed by atoms with Gasteiger partial charge in [0.05, 0.1) is 18.6 Å². The normalized spacial score (nSPS) is 11.9. The molecule has 0 fully saturated rings. The summed E-state index contributed by atoms with van der Waals surface area (Å²) in [5, 5.41) is 0.0562. The number of esters is 1. The van der Waals surface area contributed by atoms with Gasteiger partial charge < -0.3 is 14.0 Å². The van der Waals surface area contributed by atoms with Crippen molar-refractivity contribution in [3.05, 3.63) is 86.8 Å². The summed E-state index contributed by atoms with van der Waals surface area (Å²) in [6.07, 6.45) is 1.55. The van der Waals surface area contributed by atoms with Crippen LogP contribution in [-0.2, 0) is 16.0 Å². The van der Waals surface area contributed by atoms with E-state index in [9.17, 15) is 23.2 Å². The highest BCUT2D eigenvalue weighted by atomic mass is 19.1. The number of carbonyl (C=O) groups excluding carboxylic acids is 2. The molecule has 0 saturated heterocycles. The van der Waals surface area contributed by atoms with Gasteiger partial charge in [0.25, 0.3) is 11.5 Å². The van der Waals surface area contributed by atoms with Gasteiger partial charge in [-0.1, -0.05) is 12.1 Å². The number of carbonyl (C=O) groups is 2. The Morgan fingerprint density at radius 1 is 1.11 bits per heavy atom. The van der Waals surface area contributed by atoms with E-state index in [1.807, 2.05) is 0 Å². The van der Waals surface area contributed by atoms with Crippen molar-refractivity contribution in [2.45, 2.75) is 20.4 Å². The molecule has 1 amide bonds. The van der Waals surface area contributed by atoms with Crippen molar-refractivity contribution in [2.75, 3.05) is 20.3 Å². The second kappa shape index (κ2) is 10.2. The maximum absolute atomic E-state index is 14.3. The molecule has 0 radical (unpaired) electrons. The third kappa shape index (κ3) is 4.40. The number of hydrogen-bond acceptors (Lipinski definition) is 6. The van der Waals surface area contributed by atoms with E-state index in [1.165, 1.54) is 22.1 Å². The van der Waals surface area contributed by atoms with Gasteiger partial charge in [0.2, 0.25) is 0 Å². The van der Waals surface area contributed by atoms with Crippen LogP contribution >= 0.6 is 0 Å². The predicted octanol–water partition coefficient (Wildman–Crippen LogP) is 2.80. The average Bonchev–Trinajstić information content (AvgIpc) is 2.84. The standard InChI is InChI=1S/C25H22F2N4O5/c1-4-36-25(34)16-13-15-21(28-20-14(2)7-6-10-31(20)24(15)33)30(11-12-35-3)22(16)29-23(32)19-17(26)8-5-9-18(19)27/h5-10,13H,4,11-12H2,1-3H3. The first-order valence-corrected chi connectivity index (χ1v) is 11.0. The number of nitrogens with zero attached hydrogens (tertiary/aromatic N) is 4. The first kappa shape index (κ1) is 24.9. The number of ether oxygens (including phenoxy) is 2. The van der Waals surface area contributed by atoms with Gasteiger partial charge >= 0.3 is 5.97 Å². The molecule has 186 valence electrons. The van der Waals surface area contributed by atoms with Gasteiger partial charge in [-0.05, 0) is 43.7 Å². The summed E-state index contributed by atoms with van der Waals surface area (Å²) < 4.78 is 41.6. The van der Waals surface area contributed by atoms with E-state index >= 15 is 0 Å². The van der Waals surface area contributed by atoms with Gasteiger partial charge in [-0.3, -0.25) is 14.0 Å². The molecule has 4 rings (SSSR count). The summed E-state index contributed by atoms with van der Waals surface area (Å²) in [5.41, 5.74) is -0.691. The van der Waals surface area contributed by atoms with Crippen LogP contribution in [0.3, 0.4) is 0 Å². The van der Waals surface area contributed by atoms with Crippen molar-refractivity contribution in [3.8, 4) is 0 Å². The molecule has 0 N–H and O–H groups in total. The first-order chi connectivity index (χ1) is 17.3. The SMILES string of the molecule is CCOC(=O)c1cc2c(=O)n3cccc(C)c3nc2n(CCOC)c1=NC(=O)c1c(F)cccc1F. The molecule has 0 spiro atoms. The summed E-state index contributed by atoms with van der Waals surface area (Å²) in [5.74, 6) is -4.34. The topological polar surface area (TPSA) is 104 Å². The van der Waals surface area contributed by atoms with Crippen molar-refractivity contribution < 1.29 is 27.8 Å². The molecule has 1 aromatic carbocycles. The summed E-state index contributed by atoms with van der Waals surface area (Å²) >= 11 is 0. The van der Waals surface area contributed by atoms with Crippen LogP contribution in [0.25, 0.3) is 16.7 Å². The Balaban J connectivity index is 2.16. The van der Waals surface area contributed by atoms with Crippen LogP contribution in [0.4, 0.5) is 8.78 Å². The lowest BCUT2D eigenvalue weighted by molar-refractivity contribution is 0.0523. The third-order valence-electron chi connectivity index (χ3n) is 5.50. The predicted molar refractivity (Wildman–Crippen MR) is 126 cm³/mol. The largest absolute Gasteiger partial charge is 0.462 e. The van der Waals surface area contributed by atoms with E-state index in [0.717, 1.165) is 18.2 Å². The number of fused-ring (bicyclic) bond motifs is 2. The minimum atomic E-state index is -1.25. The molecular weight excluding hydrogens is 474 g/mol. The molecule has 0 unspecified atom stereocenters. The lowest BCUT2D eigenvalue weighted by Gasteiger charge is -2.15. The Morgan fingerprint density at radius 2 is 1.83 bits per heavy atom. The van der Waals surface area contributed by atoms with E-state index in [4.69, 9.17) is 9.47 Å². The Kier molecular flexibility index (Phi) is 7.02. The van der Waals surface area contributed by atoms with Crippen molar-refractivity contribution in [3.63, 3.8) is 0 Å². The van der Waals surface area contributed by atoms with Crippen molar-refractivity contribution in [2.24, 2.45) is 4.99 Å². The van der Waals surface area contributed by atoms with E-state index in [1.54, 1.807) is 32.2 Å². The highest BCUT2D eigenvalue weighted by molar-refractivity contribution is 5.97. The summed E-state index contributed by atoms with van der Waals surface area (Å²) in [4.78, 5) is 47.8. The second-order valence-electron chi connectivity index (χ2n) is 7.80. The molecule has 0 bridgehead atoms. The van der Waals surface area contributed by atoms with E-state index in [-0.39, 0.29) is 41.8 Å². The molecule has 11 heteroatoms. The minimum absolute atomic E-state index is 0.00157. The molecule has 3 aromatic heterocycles. The Hall–Kier alpha value is -4.25. The maximum atomic E-state index is 14.3. The molecule has 0 atom stereocenters. The van der Waals surface area contributed by atoms with Gasteiger partial charge in [0.15, 0.2) is 5.49 Å². The zero-order chi connectivity index (χ0) is 26.0. The van der Waals surface area contributed by atoms with E-state index < -0.39 is 34.6 Å². The summed E-state index contributed by atoms with van der Waals surface area (Å²) in [7, 11) is 1.44. The fourth-order valence-corrected chi connectivity index (χ4v) is 3.82. The minimum Gasteiger partial charge on any atom is -0.462 e. The van der Waals surface area contributed by atoms with Gasteiger partial charge in [-0.25, -0.2) is 18.6 Å². The molecule has 3 heterocycles. The molecule has 0 aliphatic rings. The average molecular weight is 496 g/mol. The number of rotatable bonds is 6. The molecule has 36 heavy (non-hydrogen) atoms. The van der Waals surface area contributed by atoms with Crippen LogP contribution in [0.15, 0.2) is 52.4 Å². The monoisotopic (exact) mass is 496 g/mol. The molecule has 0 aliphatic heterocycles. The lowest BCUT2D eigenvalue weighted by atomic mass is 10.1. The zero-order valence-electron chi connectivity index (χ0n) is 19.7. The number of benzene rings is 1. The van der Waals surface area contributed by atoms with Gasteiger partial charge in [-0.15, -0.1) is 0 Å². The maximum Gasteiger partial charge on any atom is 0.341 e. The van der Waals surface area contributed by atoms with Gasteiger partial charge in [0.1, 0.15) is 34.1 Å². The quantitative estimate of drug-likeness (QED) is 0.300. The van der Waals surface area contributed by atoms with Crippen molar-refractivity contribution in [1.29, 1.82) is 0 Å². The second-order valence-corrected chi connectivity index (χ2v) is 7.80.